The maximum atomic E-state index is 12.6. The summed E-state index contributed by atoms with van der Waals surface area (Å²) >= 11 is 0. The predicted octanol–water partition coefficient (Wildman–Crippen LogP) is 0.906. The van der Waals surface area contributed by atoms with Crippen molar-refractivity contribution < 1.29 is 4.79 Å². The first-order valence-electron chi connectivity index (χ1n) is 7.94. The van der Waals surface area contributed by atoms with Crippen LogP contribution in [-0.2, 0) is 6.42 Å². The summed E-state index contributed by atoms with van der Waals surface area (Å²) in [6.07, 6.45) is 7.41. The third kappa shape index (κ3) is 1.71. The molecule has 5 rings (SSSR count). The SMILES string of the molecule is CN1C(=O)c2[nH]c(Cc3ncc[nH]3)nc2N2C1=N[C@@H]1CCC[C@@H]12. The second kappa shape index (κ2) is 4.43. The molecule has 2 aliphatic heterocycles. The van der Waals surface area contributed by atoms with Crippen molar-refractivity contribution in [2.75, 3.05) is 11.9 Å². The van der Waals surface area contributed by atoms with Crippen LogP contribution in [0.4, 0.5) is 5.82 Å². The largest absolute Gasteiger partial charge is 0.348 e. The van der Waals surface area contributed by atoms with E-state index in [0.29, 0.717) is 18.2 Å². The van der Waals surface area contributed by atoms with Crippen LogP contribution in [0.2, 0.25) is 0 Å². The molecular formula is C15H17N7O. The van der Waals surface area contributed by atoms with Gasteiger partial charge in [0, 0.05) is 19.4 Å². The zero-order chi connectivity index (χ0) is 15.6. The van der Waals surface area contributed by atoms with Gasteiger partial charge in [0.1, 0.15) is 17.3 Å². The number of amides is 1. The van der Waals surface area contributed by atoms with Crippen LogP contribution in [0.3, 0.4) is 0 Å². The number of guanidine groups is 1. The highest BCUT2D eigenvalue weighted by Gasteiger charge is 2.48. The molecule has 0 aromatic carbocycles. The Morgan fingerprint density at radius 2 is 2.26 bits per heavy atom. The molecule has 1 fully saturated rings. The van der Waals surface area contributed by atoms with Crippen molar-refractivity contribution in [3.05, 3.63) is 29.7 Å². The van der Waals surface area contributed by atoms with E-state index in [4.69, 9.17) is 9.98 Å². The lowest BCUT2D eigenvalue weighted by molar-refractivity contribution is 0.0859. The number of hydrogen-bond acceptors (Lipinski definition) is 5. The number of aliphatic imine (C=N–C) groups is 1. The number of anilines is 1. The molecule has 2 aromatic heterocycles. The minimum absolute atomic E-state index is 0.0758. The van der Waals surface area contributed by atoms with Crippen molar-refractivity contribution in [3.8, 4) is 0 Å². The summed E-state index contributed by atoms with van der Waals surface area (Å²) in [5.74, 6) is 2.96. The Balaban J connectivity index is 1.58. The van der Waals surface area contributed by atoms with Crippen molar-refractivity contribution in [3.63, 3.8) is 0 Å². The monoisotopic (exact) mass is 311 g/mol. The predicted molar refractivity (Wildman–Crippen MR) is 83.4 cm³/mol. The number of H-pyrrole nitrogens is 2. The van der Waals surface area contributed by atoms with E-state index < -0.39 is 0 Å². The second-order valence-corrected chi connectivity index (χ2v) is 6.32. The number of nitrogens with zero attached hydrogens (tertiary/aromatic N) is 5. The lowest BCUT2D eigenvalue weighted by atomic mass is 10.1. The van der Waals surface area contributed by atoms with E-state index in [2.05, 4.69) is 19.9 Å². The van der Waals surface area contributed by atoms with E-state index in [9.17, 15) is 4.79 Å². The van der Waals surface area contributed by atoms with Crippen molar-refractivity contribution in [2.24, 2.45) is 4.99 Å². The van der Waals surface area contributed by atoms with Gasteiger partial charge >= 0.3 is 0 Å². The van der Waals surface area contributed by atoms with E-state index in [1.165, 1.54) is 6.42 Å². The van der Waals surface area contributed by atoms with Crippen molar-refractivity contribution in [1.82, 2.24) is 24.8 Å². The summed E-state index contributed by atoms with van der Waals surface area (Å²) < 4.78 is 0. The Hall–Kier alpha value is -2.64. The van der Waals surface area contributed by atoms with Crippen LogP contribution in [-0.4, -0.2) is 55.8 Å². The van der Waals surface area contributed by atoms with Crippen LogP contribution < -0.4 is 4.90 Å². The average Bonchev–Trinajstić information content (AvgIpc) is 3.27. The lowest BCUT2D eigenvalue weighted by Gasteiger charge is -2.33. The molecule has 2 N–H and O–H groups in total. The fraction of sp³-hybridized carbons (Fsp3) is 0.467. The van der Waals surface area contributed by atoms with Crippen LogP contribution in [0.15, 0.2) is 17.4 Å². The van der Waals surface area contributed by atoms with E-state index in [0.717, 1.165) is 36.3 Å². The summed E-state index contributed by atoms with van der Waals surface area (Å²) in [6.45, 7) is 0. The first-order valence-corrected chi connectivity index (χ1v) is 7.94. The zero-order valence-electron chi connectivity index (χ0n) is 12.8. The molecule has 2 atom stereocenters. The topological polar surface area (TPSA) is 93.3 Å². The molecule has 0 spiro atoms. The molecule has 0 bridgehead atoms. The van der Waals surface area contributed by atoms with Crippen molar-refractivity contribution in [1.29, 1.82) is 0 Å². The fourth-order valence-electron chi connectivity index (χ4n) is 3.86. The molecule has 3 aliphatic rings. The molecule has 4 heterocycles. The second-order valence-electron chi connectivity index (χ2n) is 6.32. The van der Waals surface area contributed by atoms with E-state index in [-0.39, 0.29) is 11.9 Å². The lowest BCUT2D eigenvalue weighted by Crippen LogP contribution is -2.51. The van der Waals surface area contributed by atoms with Gasteiger partial charge in [0.15, 0.2) is 5.82 Å². The minimum atomic E-state index is -0.0758. The molecular weight excluding hydrogens is 294 g/mol. The number of nitrogens with one attached hydrogen (secondary N) is 2. The summed E-state index contributed by atoms with van der Waals surface area (Å²) in [6, 6.07) is 0.621. The van der Waals surface area contributed by atoms with E-state index >= 15 is 0 Å². The Morgan fingerprint density at radius 3 is 3.09 bits per heavy atom. The van der Waals surface area contributed by atoms with Crippen LogP contribution in [0, 0.1) is 0 Å². The number of carbonyl (C=O) groups excluding carboxylic acids is 1. The Labute approximate surface area is 132 Å². The highest BCUT2D eigenvalue weighted by molar-refractivity contribution is 6.18. The number of hydrogen-bond donors (Lipinski definition) is 2. The molecule has 8 heteroatoms. The van der Waals surface area contributed by atoms with Gasteiger partial charge in [-0.25, -0.2) is 15.0 Å². The van der Waals surface area contributed by atoms with E-state index in [1.807, 2.05) is 0 Å². The molecule has 2 aromatic rings. The number of imidazole rings is 2. The van der Waals surface area contributed by atoms with Gasteiger partial charge in [-0.15, -0.1) is 0 Å². The van der Waals surface area contributed by atoms with Gasteiger partial charge in [0.2, 0.25) is 5.96 Å². The number of aromatic amines is 2. The van der Waals surface area contributed by atoms with Crippen molar-refractivity contribution >= 4 is 17.7 Å². The Morgan fingerprint density at radius 1 is 1.35 bits per heavy atom. The summed E-state index contributed by atoms with van der Waals surface area (Å²) in [5, 5.41) is 0. The number of fused-ring (bicyclic) bond motifs is 5. The molecule has 0 radical (unpaired) electrons. The first kappa shape index (κ1) is 12.9. The van der Waals surface area contributed by atoms with Crippen molar-refractivity contribution in [2.45, 2.75) is 37.8 Å². The highest BCUT2D eigenvalue weighted by Crippen LogP contribution is 2.39. The van der Waals surface area contributed by atoms with Gasteiger partial charge in [0.25, 0.3) is 5.91 Å². The maximum Gasteiger partial charge on any atom is 0.280 e. The smallest absolute Gasteiger partial charge is 0.280 e. The molecule has 8 nitrogen and oxygen atoms in total. The number of carbonyl (C=O) groups is 1. The third-order valence-corrected chi connectivity index (χ3v) is 4.94. The van der Waals surface area contributed by atoms with Gasteiger partial charge < -0.3 is 9.97 Å². The normalized spacial score (nSPS) is 25.4. The number of aromatic nitrogens is 4. The van der Waals surface area contributed by atoms with Gasteiger partial charge in [-0.1, -0.05) is 0 Å². The van der Waals surface area contributed by atoms with Crippen LogP contribution in [0.5, 0.6) is 0 Å². The first-order chi connectivity index (χ1) is 11.2. The van der Waals surface area contributed by atoms with E-state index in [1.54, 1.807) is 24.3 Å². The molecule has 0 unspecified atom stereocenters. The third-order valence-electron chi connectivity index (χ3n) is 4.94. The standard InChI is InChI=1S/C15H17N7O/c1-21-14(23)12-13(20-11(19-12)7-10-16-5-6-17-10)22-9-4-2-3-8(9)18-15(21)22/h5-6,8-9H,2-4,7H2,1H3,(H,16,17)(H,19,20)/t8-,9+/m1/s1. The fourth-order valence-corrected chi connectivity index (χ4v) is 3.86. The number of rotatable bonds is 2. The molecule has 118 valence electrons. The molecule has 1 saturated carbocycles. The summed E-state index contributed by atoms with van der Waals surface area (Å²) in [5.41, 5.74) is 0.556. The molecule has 1 amide bonds. The highest BCUT2D eigenvalue weighted by atomic mass is 16.2. The Bertz CT molecular complexity index is 806. The summed E-state index contributed by atoms with van der Waals surface area (Å²) in [7, 11) is 1.78. The van der Waals surface area contributed by atoms with Gasteiger partial charge in [-0.05, 0) is 19.3 Å². The van der Waals surface area contributed by atoms with Gasteiger partial charge in [-0.2, -0.15) is 0 Å². The van der Waals surface area contributed by atoms with Crippen LogP contribution in [0.1, 0.15) is 41.4 Å². The van der Waals surface area contributed by atoms with Gasteiger partial charge in [0.05, 0.1) is 18.5 Å². The zero-order valence-corrected chi connectivity index (χ0v) is 12.8. The Kier molecular flexibility index (Phi) is 2.48. The average molecular weight is 311 g/mol. The summed E-state index contributed by atoms with van der Waals surface area (Å²) in [4.78, 5) is 36.3. The molecule has 1 aliphatic carbocycles. The molecule has 23 heavy (non-hydrogen) atoms. The van der Waals surface area contributed by atoms with Gasteiger partial charge in [-0.3, -0.25) is 14.6 Å². The van der Waals surface area contributed by atoms with Crippen LogP contribution in [0.25, 0.3) is 0 Å². The van der Waals surface area contributed by atoms with Crippen LogP contribution >= 0.6 is 0 Å². The maximum absolute atomic E-state index is 12.6. The quantitative estimate of drug-likeness (QED) is 0.862. The minimum Gasteiger partial charge on any atom is -0.348 e. The molecule has 0 saturated heterocycles.